The molecule has 0 bridgehead atoms. The Labute approximate surface area is 124 Å². The van der Waals surface area contributed by atoms with E-state index in [1.54, 1.807) is 24.3 Å². The lowest BCUT2D eigenvalue weighted by Crippen LogP contribution is -2.43. The maximum Gasteiger partial charge on any atom is 0.412 e. The molecule has 5 nitrogen and oxygen atoms in total. The molecule has 1 fully saturated rings. The SMILES string of the molecule is O=C(NCC1(C(=O)O)CCCCCC1)Oc1ccccc1. The van der Waals surface area contributed by atoms with Crippen LogP contribution >= 0.6 is 0 Å². The van der Waals surface area contributed by atoms with Gasteiger partial charge in [0.15, 0.2) is 0 Å². The Kier molecular flexibility index (Phi) is 5.20. The van der Waals surface area contributed by atoms with Crippen molar-refractivity contribution in [2.75, 3.05) is 6.54 Å². The van der Waals surface area contributed by atoms with Crippen LogP contribution in [0.25, 0.3) is 0 Å². The van der Waals surface area contributed by atoms with Crippen LogP contribution in [0.4, 0.5) is 4.79 Å². The topological polar surface area (TPSA) is 75.6 Å². The van der Waals surface area contributed by atoms with Crippen LogP contribution in [0.5, 0.6) is 5.75 Å². The van der Waals surface area contributed by atoms with E-state index in [1.807, 2.05) is 6.07 Å². The number of hydrogen-bond acceptors (Lipinski definition) is 3. The maximum absolute atomic E-state index is 11.8. The number of aliphatic carboxylic acids is 1. The minimum atomic E-state index is -0.855. The van der Waals surface area contributed by atoms with Crippen molar-refractivity contribution in [2.45, 2.75) is 38.5 Å². The number of ether oxygens (including phenoxy) is 1. The van der Waals surface area contributed by atoms with Crippen LogP contribution in [0.1, 0.15) is 38.5 Å². The molecule has 5 heteroatoms. The molecule has 2 N–H and O–H groups in total. The molecule has 1 aliphatic rings. The van der Waals surface area contributed by atoms with Gasteiger partial charge in [-0.3, -0.25) is 4.79 Å². The van der Waals surface area contributed by atoms with Gasteiger partial charge in [0.2, 0.25) is 0 Å². The fourth-order valence-corrected chi connectivity index (χ4v) is 2.74. The highest BCUT2D eigenvalue weighted by Crippen LogP contribution is 2.34. The summed E-state index contributed by atoms with van der Waals surface area (Å²) in [7, 11) is 0. The molecule has 21 heavy (non-hydrogen) atoms. The van der Waals surface area contributed by atoms with E-state index in [1.165, 1.54) is 0 Å². The summed E-state index contributed by atoms with van der Waals surface area (Å²) in [6.45, 7) is 0.119. The summed E-state index contributed by atoms with van der Waals surface area (Å²) < 4.78 is 5.12. The van der Waals surface area contributed by atoms with E-state index in [4.69, 9.17) is 4.74 Å². The molecule has 0 spiro atoms. The molecule has 0 radical (unpaired) electrons. The minimum absolute atomic E-state index is 0.119. The standard InChI is InChI=1S/C16H21NO4/c18-14(19)16(10-6-1-2-7-11-16)12-17-15(20)21-13-8-4-3-5-9-13/h3-5,8-9H,1-2,6-7,10-12H2,(H,17,20)(H,18,19). The van der Waals surface area contributed by atoms with Gasteiger partial charge in [-0.25, -0.2) is 4.79 Å². The third kappa shape index (κ3) is 4.21. The van der Waals surface area contributed by atoms with Gasteiger partial charge < -0.3 is 15.2 Å². The molecule has 0 aromatic heterocycles. The lowest BCUT2D eigenvalue weighted by Gasteiger charge is -2.27. The predicted molar refractivity (Wildman–Crippen MR) is 78.2 cm³/mol. The first-order valence-corrected chi connectivity index (χ1v) is 7.37. The summed E-state index contributed by atoms with van der Waals surface area (Å²) in [4.78, 5) is 23.4. The highest BCUT2D eigenvalue weighted by molar-refractivity contribution is 5.77. The van der Waals surface area contributed by atoms with Gasteiger partial charge in [-0.2, -0.15) is 0 Å². The van der Waals surface area contributed by atoms with Crippen molar-refractivity contribution >= 4 is 12.1 Å². The summed E-state index contributed by atoms with van der Waals surface area (Å²) in [5, 5.41) is 12.1. The molecule has 114 valence electrons. The summed E-state index contributed by atoms with van der Waals surface area (Å²) in [6, 6.07) is 8.73. The number of carbonyl (C=O) groups excluding carboxylic acids is 1. The Morgan fingerprint density at radius 2 is 1.71 bits per heavy atom. The maximum atomic E-state index is 11.8. The first-order valence-electron chi connectivity index (χ1n) is 7.37. The average Bonchev–Trinajstić information content (AvgIpc) is 2.73. The molecule has 1 aliphatic carbocycles. The summed E-state index contributed by atoms with van der Waals surface area (Å²) >= 11 is 0. The van der Waals surface area contributed by atoms with Crippen molar-refractivity contribution in [1.29, 1.82) is 0 Å². The second-order valence-corrected chi connectivity index (χ2v) is 5.56. The fourth-order valence-electron chi connectivity index (χ4n) is 2.74. The van der Waals surface area contributed by atoms with E-state index in [0.717, 1.165) is 25.7 Å². The number of para-hydroxylation sites is 1. The first kappa shape index (κ1) is 15.4. The number of carbonyl (C=O) groups is 2. The Morgan fingerprint density at radius 1 is 1.10 bits per heavy atom. The van der Waals surface area contributed by atoms with Gasteiger partial charge >= 0.3 is 12.1 Å². The van der Waals surface area contributed by atoms with Crippen molar-refractivity contribution in [3.8, 4) is 5.75 Å². The van der Waals surface area contributed by atoms with Crippen LogP contribution in [0.2, 0.25) is 0 Å². The number of nitrogens with one attached hydrogen (secondary N) is 1. The normalized spacial score (nSPS) is 17.5. The Balaban J connectivity index is 1.92. The molecule has 1 saturated carbocycles. The van der Waals surface area contributed by atoms with Crippen LogP contribution in [-0.2, 0) is 4.79 Å². The Bertz CT molecular complexity index is 478. The number of rotatable bonds is 4. The monoisotopic (exact) mass is 291 g/mol. The zero-order valence-corrected chi connectivity index (χ0v) is 12.0. The van der Waals surface area contributed by atoms with Gasteiger partial charge in [0.05, 0.1) is 5.41 Å². The van der Waals surface area contributed by atoms with Crippen molar-refractivity contribution in [2.24, 2.45) is 5.41 Å². The molecular formula is C16H21NO4. The van der Waals surface area contributed by atoms with Gasteiger partial charge in [-0.15, -0.1) is 0 Å². The summed E-state index contributed by atoms with van der Waals surface area (Å²) in [5.41, 5.74) is -0.855. The van der Waals surface area contributed by atoms with Crippen LogP contribution < -0.4 is 10.1 Å². The Morgan fingerprint density at radius 3 is 2.29 bits per heavy atom. The number of carboxylic acid groups (broad SMARTS) is 1. The highest BCUT2D eigenvalue weighted by atomic mass is 16.6. The van der Waals surface area contributed by atoms with Gasteiger partial charge in [0, 0.05) is 6.54 Å². The molecule has 1 amide bonds. The molecule has 0 atom stereocenters. The van der Waals surface area contributed by atoms with Crippen LogP contribution in [0.3, 0.4) is 0 Å². The molecule has 1 aromatic rings. The van der Waals surface area contributed by atoms with Gasteiger partial charge in [0.25, 0.3) is 0 Å². The van der Waals surface area contributed by atoms with Crippen molar-refractivity contribution < 1.29 is 19.4 Å². The summed E-state index contributed by atoms with van der Waals surface area (Å²) in [6.07, 6.45) is 4.50. The van der Waals surface area contributed by atoms with Gasteiger partial charge in [-0.05, 0) is 25.0 Å². The van der Waals surface area contributed by atoms with E-state index in [2.05, 4.69) is 5.32 Å². The largest absolute Gasteiger partial charge is 0.481 e. The number of carboxylic acids is 1. The van der Waals surface area contributed by atoms with E-state index >= 15 is 0 Å². The first-order chi connectivity index (χ1) is 10.1. The predicted octanol–water partition coefficient (Wildman–Crippen LogP) is 3.20. The lowest BCUT2D eigenvalue weighted by atomic mass is 9.80. The van der Waals surface area contributed by atoms with Crippen LogP contribution in [-0.4, -0.2) is 23.7 Å². The van der Waals surface area contributed by atoms with Crippen LogP contribution in [0.15, 0.2) is 30.3 Å². The van der Waals surface area contributed by atoms with Crippen molar-refractivity contribution in [3.05, 3.63) is 30.3 Å². The van der Waals surface area contributed by atoms with Gasteiger partial charge in [-0.1, -0.05) is 43.9 Å². The highest BCUT2D eigenvalue weighted by Gasteiger charge is 2.39. The second-order valence-electron chi connectivity index (χ2n) is 5.56. The molecular weight excluding hydrogens is 270 g/mol. The molecule has 0 saturated heterocycles. The molecule has 2 rings (SSSR count). The average molecular weight is 291 g/mol. The van der Waals surface area contributed by atoms with Gasteiger partial charge in [0.1, 0.15) is 5.75 Å². The number of hydrogen-bond donors (Lipinski definition) is 2. The fraction of sp³-hybridized carbons (Fsp3) is 0.500. The molecule has 0 aliphatic heterocycles. The lowest BCUT2D eigenvalue weighted by molar-refractivity contribution is -0.149. The van der Waals surface area contributed by atoms with Crippen LogP contribution in [0, 0.1) is 5.41 Å². The number of amides is 1. The zero-order valence-electron chi connectivity index (χ0n) is 12.0. The minimum Gasteiger partial charge on any atom is -0.481 e. The second kappa shape index (κ2) is 7.11. The molecule has 0 heterocycles. The zero-order chi connectivity index (χ0) is 15.1. The smallest absolute Gasteiger partial charge is 0.412 e. The van der Waals surface area contributed by atoms with E-state index in [9.17, 15) is 14.7 Å². The Hall–Kier alpha value is -2.04. The van der Waals surface area contributed by atoms with E-state index in [0.29, 0.717) is 18.6 Å². The summed E-state index contributed by atoms with van der Waals surface area (Å²) in [5.74, 6) is -0.385. The third-order valence-corrected chi connectivity index (χ3v) is 4.04. The third-order valence-electron chi connectivity index (χ3n) is 4.04. The molecule has 1 aromatic carbocycles. The van der Waals surface area contributed by atoms with Crippen molar-refractivity contribution in [1.82, 2.24) is 5.32 Å². The van der Waals surface area contributed by atoms with E-state index < -0.39 is 17.5 Å². The van der Waals surface area contributed by atoms with E-state index in [-0.39, 0.29) is 6.54 Å². The number of benzene rings is 1. The quantitative estimate of drug-likeness (QED) is 0.835. The van der Waals surface area contributed by atoms with Crippen molar-refractivity contribution in [3.63, 3.8) is 0 Å². The molecule has 0 unspecified atom stereocenters.